The van der Waals surface area contributed by atoms with Gasteiger partial charge in [-0.15, -0.1) is 0 Å². The van der Waals surface area contributed by atoms with Gasteiger partial charge in [0.1, 0.15) is 36.3 Å². The van der Waals surface area contributed by atoms with Crippen molar-refractivity contribution in [3.05, 3.63) is 143 Å². The molecule has 0 fully saturated rings. The van der Waals surface area contributed by atoms with Crippen molar-refractivity contribution >= 4 is 76.9 Å². The lowest BCUT2D eigenvalue weighted by molar-refractivity contribution is -0.133. The summed E-state index contributed by atoms with van der Waals surface area (Å²) in [5.74, 6) is -8.93. The van der Waals surface area contributed by atoms with Gasteiger partial charge in [0.25, 0.3) is 0 Å². The fourth-order valence-corrected chi connectivity index (χ4v) is 12.4. The zero-order valence-electron chi connectivity index (χ0n) is 65.8. The Bertz CT molecular complexity index is 3560. The van der Waals surface area contributed by atoms with E-state index < -0.39 is 131 Å². The van der Waals surface area contributed by atoms with E-state index in [9.17, 15) is 62.3 Å². The summed E-state index contributed by atoms with van der Waals surface area (Å²) in [5.41, 5.74) is 38.9. The molecule has 4 aromatic carbocycles. The van der Waals surface area contributed by atoms with Crippen LogP contribution in [-0.2, 0) is 94.6 Å². The van der Waals surface area contributed by atoms with Gasteiger partial charge in [-0.3, -0.25) is 67.3 Å². The molecule has 9 atom stereocenters. The van der Waals surface area contributed by atoms with E-state index in [1.165, 1.54) is 7.11 Å². The van der Waals surface area contributed by atoms with Gasteiger partial charge in [-0.2, -0.15) is 0 Å². The molecule has 32 heteroatoms. The Kier molecular flexibility index (Phi) is 40.0. The number of carbonyl (C=O) groups is 13. The summed E-state index contributed by atoms with van der Waals surface area (Å²) in [6.07, 6.45) is 0.366. The number of hydrogen-bond acceptors (Lipinski definition) is 20. The third kappa shape index (κ3) is 33.8. The monoisotopic (exact) mass is 1560 g/mol. The Morgan fingerprint density at radius 2 is 0.634 bits per heavy atom. The van der Waals surface area contributed by atoms with E-state index in [0.717, 1.165) is 27.8 Å². The van der Waals surface area contributed by atoms with Crippen LogP contribution in [0.4, 0.5) is 0 Å². The summed E-state index contributed by atoms with van der Waals surface area (Å²) >= 11 is 0. The van der Waals surface area contributed by atoms with Crippen molar-refractivity contribution in [1.29, 1.82) is 0 Å². The predicted molar refractivity (Wildman–Crippen MR) is 423 cm³/mol. The molecule has 0 saturated carbocycles. The molecule has 0 aromatic heterocycles. The van der Waals surface area contributed by atoms with Gasteiger partial charge in [0.05, 0.1) is 30.8 Å². The van der Waals surface area contributed by atoms with Gasteiger partial charge < -0.3 is 91.9 Å². The molecular weight excluding hydrogens is 1440 g/mol. The summed E-state index contributed by atoms with van der Waals surface area (Å²) in [6, 6.07) is 22.7. The molecule has 1 heterocycles. The van der Waals surface area contributed by atoms with Gasteiger partial charge in [-0.1, -0.05) is 139 Å². The van der Waals surface area contributed by atoms with Gasteiger partial charge in [-0.25, -0.2) is 4.79 Å². The van der Waals surface area contributed by atoms with E-state index in [1.807, 2.05) is 60.7 Å². The van der Waals surface area contributed by atoms with E-state index in [2.05, 4.69) is 62.6 Å². The largest absolute Gasteiger partial charge is 0.465 e. The van der Waals surface area contributed by atoms with Crippen molar-refractivity contribution in [2.75, 3.05) is 72.6 Å². The van der Waals surface area contributed by atoms with Gasteiger partial charge >= 0.3 is 5.97 Å². The fourth-order valence-electron chi connectivity index (χ4n) is 12.4. The molecule has 112 heavy (non-hydrogen) atoms. The summed E-state index contributed by atoms with van der Waals surface area (Å²) in [5, 5.41) is 25.4. The number of methoxy groups -OCH3 is 1. The smallest absolute Gasteiger partial charge is 0.337 e. The van der Waals surface area contributed by atoms with Crippen molar-refractivity contribution in [3.63, 3.8) is 0 Å². The van der Waals surface area contributed by atoms with Crippen molar-refractivity contribution in [1.82, 2.24) is 62.6 Å². The van der Waals surface area contributed by atoms with Gasteiger partial charge in [0, 0.05) is 111 Å². The Balaban J connectivity index is 1.43. The fraction of sp³-hybridized carbons (Fsp3) is 0.537. The second kappa shape index (κ2) is 48.5. The molecule has 32 nitrogen and oxygen atoms in total. The molecule has 0 aliphatic carbocycles. The molecule has 4 aromatic rings. The average Bonchev–Trinajstić information content (AvgIpc) is 0.847. The molecule has 12 amide bonds. The number of carbonyl (C=O) groups excluding carboxylic acids is 13. The minimum Gasteiger partial charge on any atom is -0.465 e. The number of esters is 1. The zero-order valence-corrected chi connectivity index (χ0v) is 65.8. The zero-order chi connectivity index (χ0) is 82.4. The van der Waals surface area contributed by atoms with Crippen LogP contribution in [0.3, 0.4) is 0 Å². The van der Waals surface area contributed by atoms with Gasteiger partial charge in [0.2, 0.25) is 70.9 Å². The van der Waals surface area contributed by atoms with E-state index in [1.54, 1.807) is 90.1 Å². The molecule has 1 aliphatic rings. The molecular formula is C80H120N18O14. The van der Waals surface area contributed by atoms with Crippen LogP contribution in [0.15, 0.2) is 109 Å². The number of nitrogens with zero attached hydrogens (tertiary/aromatic N) is 3. The lowest BCUT2D eigenvalue weighted by Gasteiger charge is -2.32. The summed E-state index contributed by atoms with van der Waals surface area (Å²) < 4.78 is 5.26. The molecule has 0 unspecified atom stereocenters. The lowest BCUT2D eigenvalue weighted by Crippen LogP contribution is -2.57. The Morgan fingerprint density at radius 3 is 0.902 bits per heavy atom. The average molecular weight is 1560 g/mol. The van der Waals surface area contributed by atoms with Gasteiger partial charge in [-0.05, 0) is 103 Å². The summed E-state index contributed by atoms with van der Waals surface area (Å²) in [7, 11) is 1.30. The normalized spacial score (nSPS) is 15.3. The number of hydrogen-bond donors (Lipinski definition) is 15. The number of primary amides is 3. The number of ether oxygens (including phenoxy) is 1. The lowest BCUT2D eigenvalue weighted by atomic mass is 10.0. The van der Waals surface area contributed by atoms with Crippen LogP contribution in [-0.4, -0.2) is 218 Å². The Labute approximate surface area is 657 Å². The molecule has 0 radical (unpaired) electrons. The molecule has 5 rings (SSSR count). The first-order valence-corrected chi connectivity index (χ1v) is 38.6. The van der Waals surface area contributed by atoms with Crippen LogP contribution in [0.2, 0.25) is 0 Å². The standard InChI is InChI=1S/C80H120N18O14/c1-50(2)68(84)77(108)90-59(26-29-65(81)99)74(105)93-62(45-53-20-11-8-12-21-53)71(102)87-32-17-35-96-38-40-97(36-18-33-88-72(103)63(46-54-22-13-9-14-23-54)94-75(106)60(27-30-66(82)100)91-78(109)69(85)51(3)4)48-56-42-57(44-58(43-56)80(111)112-7)49-98(41-39-96)37-19-34-89-73(104)64(47-55-24-15-10-16-25-55)95-76(107)61(28-31-67(83)101)92-79(110)70(86)52(5)6/h8-16,20-25,42-44,50-52,59-64,68-70H,17-19,26-41,45-49,84-86H2,1-7H3,(H2,81,99)(H2,82,100)(H2,83,101)(H,87,102)(H,88,103)(H,89,104)(H,90,108)(H,91,109)(H,92,110)(H,93,105)(H,94,106)(H,95,107)/t59-,60-,61-,62-,63-,64-,68-,69-,70-/m0/s1. The van der Waals surface area contributed by atoms with Crippen LogP contribution >= 0.6 is 0 Å². The first-order chi connectivity index (χ1) is 53.3. The Morgan fingerprint density at radius 1 is 0.366 bits per heavy atom. The molecule has 1 aliphatic heterocycles. The van der Waals surface area contributed by atoms with Crippen molar-refractivity contribution < 1.29 is 67.1 Å². The number of nitrogens with two attached hydrogens (primary N) is 6. The number of fused-ring (bicyclic) bond motifs is 2. The first-order valence-electron chi connectivity index (χ1n) is 38.6. The third-order valence-corrected chi connectivity index (χ3v) is 19.3. The maximum atomic E-state index is 14.4. The van der Waals surface area contributed by atoms with Crippen molar-refractivity contribution in [2.45, 2.75) is 186 Å². The highest BCUT2D eigenvalue weighted by molar-refractivity contribution is 5.96. The number of benzene rings is 4. The van der Waals surface area contributed by atoms with Crippen molar-refractivity contribution in [2.24, 2.45) is 52.2 Å². The maximum Gasteiger partial charge on any atom is 0.337 e. The van der Waals surface area contributed by atoms with Crippen LogP contribution in [0.1, 0.15) is 138 Å². The second-order valence-corrected chi connectivity index (χ2v) is 29.6. The van der Waals surface area contributed by atoms with E-state index in [4.69, 9.17) is 39.1 Å². The SMILES string of the molecule is COC(=O)c1cc2cc(c1)CN(CCCNC(=O)[C@H](Cc1ccccc1)NC(=O)[C@H](CCC(N)=O)NC(=O)[C@@H](N)C(C)C)CCN(CCCNC(=O)[C@H](Cc1ccccc1)NC(=O)[C@H](CCC(N)=O)NC(=O)[C@@H](N)C(C)C)CCN(CCCNC(=O)[C@H](Cc1ccccc1)NC(=O)[C@H](CCC(N)=O)NC(=O)[C@@H](N)C(C)C)C2. The molecule has 614 valence electrons. The Hall–Kier alpha value is -10.3. The van der Waals surface area contributed by atoms with Crippen LogP contribution < -0.4 is 82.3 Å². The minimum absolute atomic E-state index is 0.0790. The highest BCUT2D eigenvalue weighted by Crippen LogP contribution is 2.19. The second-order valence-electron chi connectivity index (χ2n) is 29.6. The van der Waals surface area contributed by atoms with E-state index in [0.29, 0.717) is 83.7 Å². The molecule has 0 spiro atoms. The maximum absolute atomic E-state index is 14.4. The van der Waals surface area contributed by atoms with Gasteiger partial charge in [0.15, 0.2) is 0 Å². The molecule has 2 bridgehead atoms. The predicted octanol–water partition coefficient (Wildman–Crippen LogP) is -0.705. The molecule has 0 saturated heterocycles. The van der Waals surface area contributed by atoms with Crippen molar-refractivity contribution in [3.8, 4) is 0 Å². The van der Waals surface area contributed by atoms with E-state index >= 15 is 0 Å². The first kappa shape index (κ1) is 92.4. The third-order valence-electron chi connectivity index (χ3n) is 19.3. The minimum atomic E-state index is -1.25. The summed E-state index contributed by atoms with van der Waals surface area (Å²) in [6.45, 7) is 14.8. The highest BCUT2D eigenvalue weighted by Gasteiger charge is 2.34. The summed E-state index contributed by atoms with van der Waals surface area (Å²) in [4.78, 5) is 181. The number of amides is 12. The van der Waals surface area contributed by atoms with E-state index in [-0.39, 0.29) is 95.2 Å². The topological polar surface area (TPSA) is 505 Å². The van der Waals surface area contributed by atoms with Crippen LogP contribution in [0.5, 0.6) is 0 Å². The van der Waals surface area contributed by atoms with Crippen LogP contribution in [0.25, 0.3) is 0 Å². The van der Waals surface area contributed by atoms with Crippen LogP contribution in [0, 0.1) is 17.8 Å². The quantitative estimate of drug-likeness (QED) is 0.0192. The molecule has 21 N–H and O–H groups in total. The highest BCUT2D eigenvalue weighted by atomic mass is 16.5. The number of rotatable bonds is 46. The number of nitrogens with one attached hydrogen (secondary N) is 9.